The van der Waals surface area contributed by atoms with Crippen LogP contribution in [0.1, 0.15) is 6.23 Å². The van der Waals surface area contributed by atoms with Gasteiger partial charge in [0.15, 0.2) is 6.23 Å². The maximum Gasteiger partial charge on any atom is 0.330 e. The molecule has 1 fully saturated rings. The van der Waals surface area contributed by atoms with Crippen molar-refractivity contribution >= 4 is 0 Å². The molecular weight excluding hydrogens is 242 g/mol. The summed E-state index contributed by atoms with van der Waals surface area (Å²) in [6.07, 6.45) is -2.05. The van der Waals surface area contributed by atoms with Crippen molar-refractivity contribution in [3.05, 3.63) is 33.1 Å². The van der Waals surface area contributed by atoms with E-state index in [0.717, 1.165) is 10.6 Å². The van der Waals surface area contributed by atoms with E-state index in [1.807, 2.05) is 11.1 Å². The summed E-state index contributed by atoms with van der Waals surface area (Å²) in [5, 5.41) is 27.8. The molecule has 8 heteroatoms. The summed E-state index contributed by atoms with van der Waals surface area (Å²) in [5.41, 5.74) is -1.32. The number of H-pyrrole nitrogens is 1. The Balaban J connectivity index is 2.38. The van der Waals surface area contributed by atoms with E-state index in [1.165, 1.54) is 6.20 Å². The molecule has 1 aromatic rings. The molecule has 0 amide bonds. The summed E-state index contributed by atoms with van der Waals surface area (Å²) in [6, 6.07) is 2.93. The molecule has 0 bridgehead atoms. The lowest BCUT2D eigenvalue weighted by Crippen LogP contribution is -2.35. The number of ether oxygens (including phenoxy) is 1. The topological polar surface area (TPSA) is 128 Å². The second-order valence-electron chi connectivity index (χ2n) is 3.91. The number of hydrogen-bond acceptors (Lipinski definition) is 6. The second kappa shape index (κ2) is 4.73. The van der Waals surface area contributed by atoms with Crippen LogP contribution in [0.25, 0.3) is 0 Å². The Morgan fingerprint density at radius 2 is 2.28 bits per heavy atom. The van der Waals surface area contributed by atoms with Gasteiger partial charge in [-0.25, -0.2) is 4.79 Å². The Kier molecular flexibility index (Phi) is 3.29. The molecule has 2 rings (SSSR count). The third-order valence-electron chi connectivity index (χ3n) is 2.83. The number of nitrogens with zero attached hydrogens (tertiary/aromatic N) is 2. The van der Waals surface area contributed by atoms with E-state index in [9.17, 15) is 14.7 Å². The van der Waals surface area contributed by atoms with Crippen LogP contribution in [0.2, 0.25) is 0 Å². The van der Waals surface area contributed by atoms with Crippen molar-refractivity contribution in [3.8, 4) is 6.07 Å². The number of hydrogen-bond donors (Lipinski definition) is 3. The summed E-state index contributed by atoms with van der Waals surface area (Å²) >= 11 is 0. The van der Waals surface area contributed by atoms with E-state index < -0.39 is 42.2 Å². The van der Waals surface area contributed by atoms with Crippen molar-refractivity contribution in [2.24, 2.45) is 5.92 Å². The summed E-state index contributed by atoms with van der Waals surface area (Å²) in [4.78, 5) is 24.5. The summed E-state index contributed by atoms with van der Waals surface area (Å²) < 4.78 is 6.23. The first kappa shape index (κ1) is 12.5. The molecule has 96 valence electrons. The number of aliphatic hydroxyl groups is 2. The van der Waals surface area contributed by atoms with Gasteiger partial charge < -0.3 is 14.9 Å². The van der Waals surface area contributed by atoms with Crippen LogP contribution in [0.4, 0.5) is 0 Å². The fourth-order valence-corrected chi connectivity index (χ4v) is 1.92. The fraction of sp³-hybridized carbons (Fsp3) is 0.500. The Bertz CT molecular complexity index is 586. The largest absolute Gasteiger partial charge is 0.394 e. The van der Waals surface area contributed by atoms with Crippen LogP contribution in [-0.4, -0.2) is 38.6 Å². The Morgan fingerprint density at radius 1 is 1.56 bits per heavy atom. The van der Waals surface area contributed by atoms with E-state index in [4.69, 9.17) is 15.1 Å². The molecule has 2 heterocycles. The van der Waals surface area contributed by atoms with E-state index in [1.54, 1.807) is 0 Å². The molecule has 3 N–H and O–H groups in total. The lowest BCUT2D eigenvalue weighted by Gasteiger charge is -2.16. The minimum Gasteiger partial charge on any atom is -0.394 e. The van der Waals surface area contributed by atoms with E-state index >= 15 is 0 Å². The Labute approximate surface area is 101 Å². The van der Waals surface area contributed by atoms with Gasteiger partial charge in [0.2, 0.25) is 0 Å². The SMILES string of the molecule is N#C[C@@H]1[C@H](O)[C@@H](n2ccc(=O)[nH]c2=O)O[C@H]1CO. The Morgan fingerprint density at radius 3 is 2.78 bits per heavy atom. The summed E-state index contributed by atoms with van der Waals surface area (Å²) in [7, 11) is 0. The monoisotopic (exact) mass is 253 g/mol. The van der Waals surface area contributed by atoms with Crippen molar-refractivity contribution in [1.29, 1.82) is 5.26 Å². The first-order valence-corrected chi connectivity index (χ1v) is 5.24. The highest BCUT2D eigenvalue weighted by molar-refractivity contribution is 5.01. The molecule has 1 aliphatic heterocycles. The van der Waals surface area contributed by atoms with E-state index in [-0.39, 0.29) is 0 Å². The predicted molar refractivity (Wildman–Crippen MR) is 57.4 cm³/mol. The maximum atomic E-state index is 11.5. The predicted octanol–water partition coefficient (Wildman–Crippen LogP) is -2.07. The molecule has 0 unspecified atom stereocenters. The molecule has 4 atom stereocenters. The molecule has 8 nitrogen and oxygen atoms in total. The van der Waals surface area contributed by atoms with Gasteiger partial charge in [0.05, 0.1) is 12.7 Å². The molecule has 0 radical (unpaired) electrons. The van der Waals surface area contributed by atoms with Gasteiger partial charge in [-0.1, -0.05) is 0 Å². The van der Waals surface area contributed by atoms with E-state index in [0.29, 0.717) is 0 Å². The number of nitriles is 1. The van der Waals surface area contributed by atoms with Crippen LogP contribution in [0, 0.1) is 17.2 Å². The zero-order valence-corrected chi connectivity index (χ0v) is 9.18. The first-order chi connectivity index (χ1) is 8.58. The number of aliphatic hydroxyl groups excluding tert-OH is 2. The molecule has 0 aliphatic carbocycles. The summed E-state index contributed by atoms with van der Waals surface area (Å²) in [6.45, 7) is -0.441. The van der Waals surface area contributed by atoms with Gasteiger partial charge in [-0.05, 0) is 0 Å². The molecule has 0 aromatic carbocycles. The molecule has 1 saturated heterocycles. The minimum atomic E-state index is -1.25. The second-order valence-corrected chi connectivity index (χ2v) is 3.91. The average molecular weight is 253 g/mol. The van der Waals surface area contributed by atoms with Crippen molar-refractivity contribution in [2.45, 2.75) is 18.4 Å². The highest BCUT2D eigenvalue weighted by Gasteiger charge is 2.44. The number of rotatable bonds is 2. The van der Waals surface area contributed by atoms with Crippen LogP contribution >= 0.6 is 0 Å². The molecule has 1 aromatic heterocycles. The first-order valence-electron chi connectivity index (χ1n) is 5.24. The van der Waals surface area contributed by atoms with Gasteiger partial charge in [-0.2, -0.15) is 5.26 Å². The summed E-state index contributed by atoms with van der Waals surface area (Å²) in [5.74, 6) is -0.932. The number of aromatic amines is 1. The Hall–Kier alpha value is -1.95. The third kappa shape index (κ3) is 1.95. The van der Waals surface area contributed by atoms with Crippen molar-refractivity contribution in [2.75, 3.05) is 6.61 Å². The van der Waals surface area contributed by atoms with Gasteiger partial charge in [-0.3, -0.25) is 14.3 Å². The van der Waals surface area contributed by atoms with Crippen LogP contribution in [0.15, 0.2) is 21.9 Å². The van der Waals surface area contributed by atoms with Crippen LogP contribution < -0.4 is 11.2 Å². The van der Waals surface area contributed by atoms with Gasteiger partial charge in [-0.15, -0.1) is 0 Å². The number of aromatic nitrogens is 2. The van der Waals surface area contributed by atoms with Gasteiger partial charge in [0, 0.05) is 12.3 Å². The molecule has 0 saturated carbocycles. The standard InChI is InChI=1S/C10H11N3O5/c11-3-5-6(4-14)18-9(8(5)16)13-2-1-7(15)12-10(13)17/h1-2,5-6,8-9,14,16H,4H2,(H,12,15,17)/t5-,6-,8-,9-/m0/s1. The maximum absolute atomic E-state index is 11.5. The van der Waals surface area contributed by atoms with E-state index in [2.05, 4.69) is 0 Å². The number of nitrogens with one attached hydrogen (secondary N) is 1. The van der Waals surface area contributed by atoms with Gasteiger partial charge in [0.25, 0.3) is 5.56 Å². The van der Waals surface area contributed by atoms with Crippen LogP contribution in [0.5, 0.6) is 0 Å². The quantitative estimate of drug-likeness (QED) is 0.555. The van der Waals surface area contributed by atoms with Crippen molar-refractivity contribution < 1.29 is 14.9 Å². The highest BCUT2D eigenvalue weighted by Crippen LogP contribution is 2.32. The molecule has 0 spiro atoms. The molecular formula is C10H11N3O5. The van der Waals surface area contributed by atoms with Crippen molar-refractivity contribution in [3.63, 3.8) is 0 Å². The zero-order valence-electron chi connectivity index (χ0n) is 9.18. The fourth-order valence-electron chi connectivity index (χ4n) is 1.92. The highest BCUT2D eigenvalue weighted by atomic mass is 16.5. The minimum absolute atomic E-state index is 0.441. The van der Waals surface area contributed by atoms with Crippen LogP contribution in [-0.2, 0) is 4.74 Å². The van der Waals surface area contributed by atoms with Gasteiger partial charge in [0.1, 0.15) is 18.1 Å². The average Bonchev–Trinajstić information content (AvgIpc) is 2.66. The normalized spacial score (nSPS) is 31.2. The molecule has 18 heavy (non-hydrogen) atoms. The lowest BCUT2D eigenvalue weighted by molar-refractivity contribution is -0.0533. The smallest absolute Gasteiger partial charge is 0.330 e. The molecule has 1 aliphatic rings. The van der Waals surface area contributed by atoms with Crippen molar-refractivity contribution in [1.82, 2.24) is 9.55 Å². The van der Waals surface area contributed by atoms with Crippen LogP contribution in [0.3, 0.4) is 0 Å². The zero-order chi connectivity index (χ0) is 13.3. The van der Waals surface area contributed by atoms with Gasteiger partial charge >= 0.3 is 5.69 Å². The lowest BCUT2D eigenvalue weighted by atomic mass is 10.0. The third-order valence-corrected chi connectivity index (χ3v) is 2.83.